The van der Waals surface area contributed by atoms with Crippen molar-refractivity contribution in [3.8, 4) is 0 Å². The number of hydrogen-bond acceptors (Lipinski definition) is 4. The second kappa shape index (κ2) is 5.83. The van der Waals surface area contributed by atoms with Crippen molar-refractivity contribution in [3.05, 3.63) is 51.5 Å². The maximum Gasteiger partial charge on any atom is 0.292 e. The first-order valence-electron chi connectivity index (χ1n) is 5.72. The summed E-state index contributed by atoms with van der Waals surface area (Å²) in [5.41, 5.74) is 0.577. The molecule has 0 amide bonds. The molecule has 0 fully saturated rings. The van der Waals surface area contributed by atoms with Gasteiger partial charge in [-0.15, -0.1) is 0 Å². The highest BCUT2D eigenvalue weighted by atomic mass is 79.9. The molecule has 1 unspecified atom stereocenters. The van der Waals surface area contributed by atoms with Gasteiger partial charge in [-0.25, -0.2) is 4.98 Å². The van der Waals surface area contributed by atoms with Gasteiger partial charge in [0.15, 0.2) is 0 Å². The van der Waals surface area contributed by atoms with Gasteiger partial charge in [0.2, 0.25) is 0 Å². The first-order valence-corrected chi connectivity index (χ1v) is 6.52. The smallest absolute Gasteiger partial charge is 0.292 e. The number of halogens is 1. The average Bonchev–Trinajstić information content (AvgIpc) is 2.81. The second-order valence-electron chi connectivity index (χ2n) is 4.22. The molecule has 0 saturated carbocycles. The molecule has 6 nitrogen and oxygen atoms in total. The Morgan fingerprint density at radius 2 is 2.37 bits per heavy atom. The van der Waals surface area contributed by atoms with E-state index in [9.17, 15) is 10.1 Å². The van der Waals surface area contributed by atoms with E-state index in [1.54, 1.807) is 24.7 Å². The third-order valence-electron chi connectivity index (χ3n) is 2.60. The van der Waals surface area contributed by atoms with Crippen LogP contribution < -0.4 is 5.32 Å². The standard InChI is InChI=1S/C12H13BrN4O2/c1-9(7-16-5-4-14-8-16)15-11-6-10(13)2-3-12(11)17(18)19/h2-6,8-9,15H,7H2,1H3. The maximum absolute atomic E-state index is 11.0. The molecule has 0 aliphatic carbocycles. The summed E-state index contributed by atoms with van der Waals surface area (Å²) in [6.45, 7) is 2.65. The monoisotopic (exact) mass is 324 g/mol. The van der Waals surface area contributed by atoms with Gasteiger partial charge in [0.25, 0.3) is 5.69 Å². The maximum atomic E-state index is 11.0. The fourth-order valence-electron chi connectivity index (χ4n) is 1.81. The first kappa shape index (κ1) is 13.5. The third kappa shape index (κ3) is 3.54. The number of nitrogens with zero attached hydrogens (tertiary/aromatic N) is 3. The molecule has 0 aliphatic heterocycles. The molecule has 0 aliphatic rings. The van der Waals surface area contributed by atoms with Crippen molar-refractivity contribution in [2.75, 3.05) is 5.32 Å². The van der Waals surface area contributed by atoms with Gasteiger partial charge in [0.05, 0.1) is 11.3 Å². The molecule has 1 heterocycles. The first-order chi connectivity index (χ1) is 9.06. The molecule has 0 bridgehead atoms. The minimum atomic E-state index is -0.390. The molecule has 1 aromatic heterocycles. The highest BCUT2D eigenvalue weighted by Crippen LogP contribution is 2.28. The van der Waals surface area contributed by atoms with E-state index in [2.05, 4.69) is 26.2 Å². The van der Waals surface area contributed by atoms with Crippen LogP contribution in [0.15, 0.2) is 41.4 Å². The Morgan fingerprint density at radius 3 is 3.00 bits per heavy atom. The summed E-state index contributed by atoms with van der Waals surface area (Å²) in [7, 11) is 0. The zero-order valence-corrected chi connectivity index (χ0v) is 11.9. The minimum absolute atomic E-state index is 0.0437. The van der Waals surface area contributed by atoms with Crippen LogP contribution in [0.25, 0.3) is 0 Å². The largest absolute Gasteiger partial charge is 0.375 e. The van der Waals surface area contributed by atoms with E-state index < -0.39 is 4.92 Å². The molecule has 1 atom stereocenters. The van der Waals surface area contributed by atoms with Gasteiger partial charge in [-0.1, -0.05) is 15.9 Å². The number of aromatic nitrogens is 2. The summed E-state index contributed by atoms with van der Waals surface area (Å²) in [4.78, 5) is 14.5. The third-order valence-corrected chi connectivity index (χ3v) is 3.09. The topological polar surface area (TPSA) is 73.0 Å². The van der Waals surface area contributed by atoms with E-state index in [1.165, 1.54) is 6.07 Å². The van der Waals surface area contributed by atoms with Crippen molar-refractivity contribution in [2.45, 2.75) is 19.5 Å². The van der Waals surface area contributed by atoms with Crippen molar-refractivity contribution in [1.82, 2.24) is 9.55 Å². The lowest BCUT2D eigenvalue weighted by Gasteiger charge is -2.16. The highest BCUT2D eigenvalue weighted by molar-refractivity contribution is 9.10. The molecular weight excluding hydrogens is 312 g/mol. The fourth-order valence-corrected chi connectivity index (χ4v) is 2.17. The average molecular weight is 325 g/mol. The van der Waals surface area contributed by atoms with Crippen molar-refractivity contribution in [1.29, 1.82) is 0 Å². The van der Waals surface area contributed by atoms with Crippen LogP contribution in [0.3, 0.4) is 0 Å². The molecular formula is C12H13BrN4O2. The number of rotatable bonds is 5. The Morgan fingerprint density at radius 1 is 1.58 bits per heavy atom. The molecule has 0 saturated heterocycles. The van der Waals surface area contributed by atoms with Gasteiger partial charge in [-0.2, -0.15) is 0 Å². The van der Waals surface area contributed by atoms with Crippen LogP contribution in [0.4, 0.5) is 11.4 Å². The summed E-state index contributed by atoms with van der Waals surface area (Å²) in [5.74, 6) is 0. The summed E-state index contributed by atoms with van der Waals surface area (Å²) < 4.78 is 2.72. The number of hydrogen-bond donors (Lipinski definition) is 1. The van der Waals surface area contributed by atoms with E-state index in [4.69, 9.17) is 0 Å². The van der Waals surface area contributed by atoms with E-state index >= 15 is 0 Å². The Kier molecular flexibility index (Phi) is 4.16. The molecule has 100 valence electrons. The molecule has 0 spiro atoms. The van der Waals surface area contributed by atoms with Crippen LogP contribution in [0, 0.1) is 10.1 Å². The molecule has 2 aromatic rings. The predicted molar refractivity (Wildman–Crippen MR) is 76.1 cm³/mol. The molecule has 19 heavy (non-hydrogen) atoms. The summed E-state index contributed by atoms with van der Waals surface area (Å²) in [6, 6.07) is 4.89. The van der Waals surface area contributed by atoms with Gasteiger partial charge in [0, 0.05) is 35.5 Å². The Bertz CT molecular complexity index is 571. The molecule has 0 radical (unpaired) electrons. The van der Waals surface area contributed by atoms with Crippen LogP contribution in [0.1, 0.15) is 6.92 Å². The van der Waals surface area contributed by atoms with Gasteiger partial charge >= 0.3 is 0 Å². The molecule has 1 aromatic carbocycles. The van der Waals surface area contributed by atoms with Gasteiger partial charge in [0.1, 0.15) is 5.69 Å². The van der Waals surface area contributed by atoms with Crippen molar-refractivity contribution < 1.29 is 4.92 Å². The number of benzene rings is 1. The number of nitrogens with one attached hydrogen (secondary N) is 1. The normalized spacial score (nSPS) is 12.1. The lowest BCUT2D eigenvalue weighted by Crippen LogP contribution is -2.21. The zero-order valence-electron chi connectivity index (χ0n) is 10.3. The van der Waals surface area contributed by atoms with Crippen molar-refractivity contribution in [3.63, 3.8) is 0 Å². The quantitative estimate of drug-likeness (QED) is 0.677. The lowest BCUT2D eigenvalue weighted by molar-refractivity contribution is -0.384. The SMILES string of the molecule is CC(Cn1ccnc1)Nc1cc(Br)ccc1[N+](=O)[O-]. The van der Waals surface area contributed by atoms with E-state index in [1.807, 2.05) is 17.7 Å². The zero-order chi connectivity index (χ0) is 13.8. The number of nitro groups is 1. The number of imidazole rings is 1. The Balaban J connectivity index is 2.13. The van der Waals surface area contributed by atoms with E-state index in [0.717, 1.165) is 4.47 Å². The van der Waals surface area contributed by atoms with E-state index in [-0.39, 0.29) is 11.7 Å². The van der Waals surface area contributed by atoms with Crippen molar-refractivity contribution in [2.24, 2.45) is 0 Å². The van der Waals surface area contributed by atoms with Crippen LogP contribution in [-0.2, 0) is 6.54 Å². The lowest BCUT2D eigenvalue weighted by atomic mass is 10.2. The predicted octanol–water partition coefficient (Wildman–Crippen LogP) is 3.05. The van der Waals surface area contributed by atoms with E-state index in [0.29, 0.717) is 12.2 Å². The summed E-state index contributed by atoms with van der Waals surface area (Å²) >= 11 is 3.32. The van der Waals surface area contributed by atoms with Gasteiger partial charge in [-0.05, 0) is 19.1 Å². The molecule has 1 N–H and O–H groups in total. The number of anilines is 1. The van der Waals surface area contributed by atoms with Crippen molar-refractivity contribution >= 4 is 27.3 Å². The van der Waals surface area contributed by atoms with Crippen LogP contribution in [0.2, 0.25) is 0 Å². The molecule has 2 rings (SSSR count). The Labute approximate surface area is 118 Å². The minimum Gasteiger partial charge on any atom is -0.375 e. The van der Waals surface area contributed by atoms with Gasteiger partial charge < -0.3 is 9.88 Å². The fraction of sp³-hybridized carbons (Fsp3) is 0.250. The van der Waals surface area contributed by atoms with Crippen LogP contribution in [0.5, 0.6) is 0 Å². The second-order valence-corrected chi connectivity index (χ2v) is 5.14. The van der Waals surface area contributed by atoms with Crippen LogP contribution in [-0.4, -0.2) is 20.5 Å². The van der Waals surface area contributed by atoms with Gasteiger partial charge in [-0.3, -0.25) is 10.1 Å². The number of nitro benzene ring substituents is 1. The molecule has 7 heteroatoms. The summed E-state index contributed by atoms with van der Waals surface area (Å²) in [5, 5.41) is 14.1. The summed E-state index contributed by atoms with van der Waals surface area (Å²) in [6.07, 6.45) is 5.27. The Hall–Kier alpha value is -1.89. The van der Waals surface area contributed by atoms with Crippen LogP contribution >= 0.6 is 15.9 Å². The highest BCUT2D eigenvalue weighted by Gasteiger charge is 2.15.